The smallest absolute Gasteiger partial charge is 0.325 e. The maximum absolute atomic E-state index is 13.1. The standard InChI is InChI=1S/C22H18N4O3/c1-13-19(16-5-3-4-6-17(16)24-13)18(27)12-26-20(28)22(2,25-21(26)29)15-9-7-14(11-23)8-10-15/h3-10,24H,12H2,1-2H3,(H,25,29)/t22-/m0/s1. The van der Waals surface area contributed by atoms with Gasteiger partial charge in [0.2, 0.25) is 0 Å². The molecule has 0 saturated carbocycles. The fourth-order valence-electron chi connectivity index (χ4n) is 3.77. The molecule has 2 N–H and O–H groups in total. The first-order chi connectivity index (χ1) is 13.8. The molecule has 1 atom stereocenters. The Balaban J connectivity index is 1.63. The lowest BCUT2D eigenvalue weighted by Crippen LogP contribution is -2.41. The summed E-state index contributed by atoms with van der Waals surface area (Å²) in [5.41, 5.74) is 1.71. The van der Waals surface area contributed by atoms with Crippen LogP contribution >= 0.6 is 0 Å². The van der Waals surface area contributed by atoms with Gasteiger partial charge in [-0.25, -0.2) is 4.79 Å². The highest BCUT2D eigenvalue weighted by Crippen LogP contribution is 2.30. The van der Waals surface area contributed by atoms with Gasteiger partial charge < -0.3 is 10.3 Å². The molecule has 0 aliphatic carbocycles. The molecular weight excluding hydrogens is 368 g/mol. The number of carbonyl (C=O) groups is 3. The van der Waals surface area contributed by atoms with Crippen LogP contribution in [0.15, 0.2) is 48.5 Å². The Hall–Kier alpha value is -3.92. The zero-order valence-corrected chi connectivity index (χ0v) is 15.9. The lowest BCUT2D eigenvalue weighted by atomic mass is 9.91. The zero-order valence-electron chi connectivity index (χ0n) is 15.9. The van der Waals surface area contributed by atoms with Crippen LogP contribution in [0.1, 0.15) is 34.1 Å². The van der Waals surface area contributed by atoms with E-state index in [1.165, 1.54) is 0 Å². The summed E-state index contributed by atoms with van der Waals surface area (Å²) < 4.78 is 0. The second-order valence-electron chi connectivity index (χ2n) is 7.23. The molecule has 144 valence electrons. The lowest BCUT2D eigenvalue weighted by Gasteiger charge is -2.22. The number of aromatic nitrogens is 1. The lowest BCUT2D eigenvalue weighted by molar-refractivity contribution is -0.130. The highest BCUT2D eigenvalue weighted by Gasteiger charge is 2.49. The molecule has 1 aromatic heterocycles. The number of imide groups is 1. The number of urea groups is 1. The molecule has 2 aromatic carbocycles. The van der Waals surface area contributed by atoms with Gasteiger partial charge >= 0.3 is 6.03 Å². The summed E-state index contributed by atoms with van der Waals surface area (Å²) in [4.78, 5) is 42.7. The average Bonchev–Trinajstić information content (AvgIpc) is 3.16. The van der Waals surface area contributed by atoms with E-state index in [4.69, 9.17) is 5.26 Å². The number of nitrogens with zero attached hydrogens (tertiary/aromatic N) is 2. The number of ketones is 1. The third kappa shape index (κ3) is 2.86. The summed E-state index contributed by atoms with van der Waals surface area (Å²) >= 11 is 0. The van der Waals surface area contributed by atoms with Crippen LogP contribution in [-0.2, 0) is 10.3 Å². The number of aryl methyl sites for hydroxylation is 1. The number of hydrogen-bond donors (Lipinski definition) is 2. The number of Topliss-reactive ketones (excluding diaryl/α,β-unsaturated/α-hetero) is 1. The summed E-state index contributed by atoms with van der Waals surface area (Å²) in [6, 6.07) is 15.2. The Morgan fingerprint density at radius 2 is 1.83 bits per heavy atom. The van der Waals surface area contributed by atoms with Gasteiger partial charge in [-0.1, -0.05) is 30.3 Å². The van der Waals surface area contributed by atoms with Crippen LogP contribution in [0, 0.1) is 18.3 Å². The van der Waals surface area contributed by atoms with E-state index in [-0.39, 0.29) is 12.3 Å². The normalized spacial score (nSPS) is 18.7. The van der Waals surface area contributed by atoms with E-state index in [0.717, 1.165) is 15.8 Å². The van der Waals surface area contributed by atoms with Crippen molar-refractivity contribution in [1.82, 2.24) is 15.2 Å². The summed E-state index contributed by atoms with van der Waals surface area (Å²) in [6.45, 7) is 3.04. The highest BCUT2D eigenvalue weighted by molar-refractivity contribution is 6.15. The minimum absolute atomic E-state index is 0.312. The molecular formula is C22H18N4O3. The number of rotatable bonds is 4. The van der Waals surface area contributed by atoms with Crippen molar-refractivity contribution < 1.29 is 14.4 Å². The van der Waals surface area contributed by atoms with Gasteiger partial charge in [0.15, 0.2) is 5.78 Å². The molecule has 4 rings (SSSR count). The van der Waals surface area contributed by atoms with E-state index in [2.05, 4.69) is 10.3 Å². The van der Waals surface area contributed by atoms with Crippen molar-refractivity contribution in [3.05, 3.63) is 70.9 Å². The molecule has 29 heavy (non-hydrogen) atoms. The Labute approximate surface area is 166 Å². The Bertz CT molecular complexity index is 1200. The number of aromatic amines is 1. The van der Waals surface area contributed by atoms with Gasteiger partial charge in [-0.05, 0) is 37.6 Å². The molecule has 0 radical (unpaired) electrons. The number of para-hydroxylation sites is 1. The van der Waals surface area contributed by atoms with Gasteiger partial charge in [0.05, 0.1) is 18.2 Å². The minimum atomic E-state index is -1.29. The van der Waals surface area contributed by atoms with Crippen LogP contribution in [0.25, 0.3) is 10.9 Å². The molecule has 7 heteroatoms. The number of benzene rings is 2. The van der Waals surface area contributed by atoms with Crippen molar-refractivity contribution in [2.75, 3.05) is 6.54 Å². The minimum Gasteiger partial charge on any atom is -0.358 e. The van der Waals surface area contributed by atoms with E-state index in [0.29, 0.717) is 22.4 Å². The van der Waals surface area contributed by atoms with Gasteiger partial charge in [-0.15, -0.1) is 0 Å². The first-order valence-corrected chi connectivity index (χ1v) is 9.10. The van der Waals surface area contributed by atoms with Gasteiger partial charge in [0.1, 0.15) is 5.54 Å². The molecule has 7 nitrogen and oxygen atoms in total. The summed E-state index contributed by atoms with van der Waals surface area (Å²) in [7, 11) is 0. The van der Waals surface area contributed by atoms with Crippen molar-refractivity contribution in [2.24, 2.45) is 0 Å². The third-order valence-corrected chi connectivity index (χ3v) is 5.34. The number of carbonyl (C=O) groups excluding carboxylic acids is 3. The first-order valence-electron chi connectivity index (χ1n) is 9.10. The number of amides is 3. The third-order valence-electron chi connectivity index (χ3n) is 5.34. The van der Waals surface area contributed by atoms with E-state index >= 15 is 0 Å². The van der Waals surface area contributed by atoms with Crippen LogP contribution in [0.5, 0.6) is 0 Å². The first kappa shape index (κ1) is 18.4. The number of fused-ring (bicyclic) bond motifs is 1. The predicted octanol–water partition coefficient (Wildman–Crippen LogP) is 3.00. The summed E-state index contributed by atoms with van der Waals surface area (Å²) in [5.74, 6) is -0.814. The second kappa shape index (κ2) is 6.60. The molecule has 1 aliphatic rings. The molecule has 1 fully saturated rings. The van der Waals surface area contributed by atoms with E-state index < -0.39 is 17.5 Å². The highest BCUT2D eigenvalue weighted by atomic mass is 16.2. The largest absolute Gasteiger partial charge is 0.358 e. The van der Waals surface area contributed by atoms with Crippen molar-refractivity contribution >= 4 is 28.6 Å². The number of hydrogen-bond acceptors (Lipinski definition) is 4. The topological polar surface area (TPSA) is 106 Å². The van der Waals surface area contributed by atoms with Crippen molar-refractivity contribution in [3.8, 4) is 6.07 Å². The Kier molecular flexibility index (Phi) is 4.20. The fourth-order valence-corrected chi connectivity index (χ4v) is 3.77. The van der Waals surface area contributed by atoms with Crippen LogP contribution < -0.4 is 5.32 Å². The van der Waals surface area contributed by atoms with Crippen LogP contribution in [0.2, 0.25) is 0 Å². The quantitative estimate of drug-likeness (QED) is 0.531. The van der Waals surface area contributed by atoms with E-state index in [9.17, 15) is 14.4 Å². The number of H-pyrrole nitrogens is 1. The van der Waals surface area contributed by atoms with Crippen LogP contribution in [0.3, 0.4) is 0 Å². The summed E-state index contributed by atoms with van der Waals surface area (Å²) in [5, 5.41) is 12.4. The maximum Gasteiger partial charge on any atom is 0.325 e. The van der Waals surface area contributed by atoms with Crippen molar-refractivity contribution in [3.63, 3.8) is 0 Å². The molecule has 0 spiro atoms. The van der Waals surface area contributed by atoms with Crippen LogP contribution in [-0.4, -0.2) is 34.2 Å². The zero-order chi connectivity index (χ0) is 20.8. The Morgan fingerprint density at radius 1 is 1.14 bits per heavy atom. The monoisotopic (exact) mass is 386 g/mol. The van der Waals surface area contributed by atoms with Gasteiger partial charge in [-0.2, -0.15) is 5.26 Å². The van der Waals surface area contributed by atoms with E-state index in [1.54, 1.807) is 38.1 Å². The molecule has 1 aliphatic heterocycles. The molecule has 3 aromatic rings. The van der Waals surface area contributed by atoms with Crippen molar-refractivity contribution in [1.29, 1.82) is 5.26 Å². The fraction of sp³-hybridized carbons (Fsp3) is 0.182. The number of nitrogens with one attached hydrogen (secondary N) is 2. The summed E-state index contributed by atoms with van der Waals surface area (Å²) in [6.07, 6.45) is 0. The second-order valence-corrected chi connectivity index (χ2v) is 7.23. The average molecular weight is 386 g/mol. The molecule has 2 heterocycles. The van der Waals surface area contributed by atoms with Gasteiger partial charge in [0, 0.05) is 22.2 Å². The van der Waals surface area contributed by atoms with Gasteiger partial charge in [0.25, 0.3) is 5.91 Å². The maximum atomic E-state index is 13.1. The number of nitriles is 1. The van der Waals surface area contributed by atoms with Crippen molar-refractivity contribution in [2.45, 2.75) is 19.4 Å². The Morgan fingerprint density at radius 3 is 2.52 bits per heavy atom. The van der Waals surface area contributed by atoms with E-state index in [1.807, 2.05) is 30.3 Å². The molecule has 3 amide bonds. The molecule has 1 saturated heterocycles. The van der Waals surface area contributed by atoms with Crippen LogP contribution in [0.4, 0.5) is 4.79 Å². The van der Waals surface area contributed by atoms with Gasteiger partial charge in [-0.3, -0.25) is 14.5 Å². The molecule has 0 bridgehead atoms. The predicted molar refractivity (Wildman–Crippen MR) is 106 cm³/mol. The SMILES string of the molecule is Cc1[nH]c2ccccc2c1C(=O)CN1C(=O)N[C@@](C)(c2ccc(C#N)cc2)C1=O. The molecule has 0 unspecified atom stereocenters.